The van der Waals surface area contributed by atoms with E-state index in [0.717, 1.165) is 32.5 Å². The smallest absolute Gasteiger partial charge is 0.0589 e. The largest absolute Gasteiger partial charge is 0.383 e. The summed E-state index contributed by atoms with van der Waals surface area (Å²) in [5.41, 5.74) is 5.79. The van der Waals surface area contributed by atoms with E-state index in [2.05, 4.69) is 18.9 Å². The summed E-state index contributed by atoms with van der Waals surface area (Å²) in [4.78, 5) is 2.25. The number of rotatable bonds is 7. The summed E-state index contributed by atoms with van der Waals surface area (Å²) in [6.07, 6.45) is 2.15. The summed E-state index contributed by atoms with van der Waals surface area (Å²) in [6.45, 7) is 4.99. The Morgan fingerprint density at radius 3 is 2.58 bits per heavy atom. The third-order valence-corrected chi connectivity index (χ3v) is 2.08. The zero-order valence-corrected chi connectivity index (χ0v) is 8.55. The molecule has 0 fully saturated rings. The van der Waals surface area contributed by atoms with Crippen molar-refractivity contribution in [3.05, 3.63) is 0 Å². The molecule has 0 aromatic rings. The van der Waals surface area contributed by atoms with Crippen LogP contribution in [0.15, 0.2) is 0 Å². The minimum Gasteiger partial charge on any atom is -0.383 e. The predicted molar refractivity (Wildman–Crippen MR) is 52.3 cm³/mol. The Hall–Kier alpha value is -0.120. The topological polar surface area (TPSA) is 38.5 Å². The van der Waals surface area contributed by atoms with Crippen LogP contribution in [0.2, 0.25) is 0 Å². The fraction of sp³-hybridized carbons (Fsp3) is 1.00. The third kappa shape index (κ3) is 6.58. The maximum absolute atomic E-state index is 5.79. The second-order valence-electron chi connectivity index (χ2n) is 3.25. The lowest BCUT2D eigenvalue weighted by molar-refractivity contribution is 0.159. The van der Waals surface area contributed by atoms with Crippen LogP contribution < -0.4 is 5.73 Å². The first-order valence-electron chi connectivity index (χ1n) is 4.63. The molecule has 0 bridgehead atoms. The molecule has 0 amide bonds. The highest BCUT2D eigenvalue weighted by molar-refractivity contribution is 4.61. The molecule has 1 unspecified atom stereocenters. The maximum Gasteiger partial charge on any atom is 0.0589 e. The van der Waals surface area contributed by atoms with Crippen LogP contribution in [0.3, 0.4) is 0 Å². The van der Waals surface area contributed by atoms with E-state index in [1.165, 1.54) is 0 Å². The highest BCUT2D eigenvalue weighted by atomic mass is 16.5. The summed E-state index contributed by atoms with van der Waals surface area (Å²) >= 11 is 0. The monoisotopic (exact) mass is 174 g/mol. The van der Waals surface area contributed by atoms with Crippen LogP contribution in [0, 0.1) is 0 Å². The minimum atomic E-state index is 0.356. The van der Waals surface area contributed by atoms with Gasteiger partial charge in [0.25, 0.3) is 0 Å². The molecule has 0 aliphatic rings. The Morgan fingerprint density at radius 2 is 2.08 bits per heavy atom. The molecule has 1 atom stereocenters. The zero-order chi connectivity index (χ0) is 9.40. The standard InChI is InChI=1S/C9H22N2O/c1-4-9(10)5-6-11(2)7-8-12-3/h9H,4-8,10H2,1-3H3. The average molecular weight is 174 g/mol. The van der Waals surface area contributed by atoms with Crippen molar-refractivity contribution in [2.24, 2.45) is 5.73 Å². The minimum absolute atomic E-state index is 0.356. The van der Waals surface area contributed by atoms with Crippen LogP contribution >= 0.6 is 0 Å². The molecular weight excluding hydrogens is 152 g/mol. The third-order valence-electron chi connectivity index (χ3n) is 2.08. The van der Waals surface area contributed by atoms with Crippen molar-refractivity contribution in [1.29, 1.82) is 0 Å². The molecule has 3 nitrogen and oxygen atoms in total. The van der Waals surface area contributed by atoms with Gasteiger partial charge in [-0.05, 0) is 26.4 Å². The van der Waals surface area contributed by atoms with Gasteiger partial charge in [0.2, 0.25) is 0 Å². The van der Waals surface area contributed by atoms with Crippen molar-refractivity contribution in [3.8, 4) is 0 Å². The fourth-order valence-electron chi connectivity index (χ4n) is 0.949. The number of ether oxygens (including phenoxy) is 1. The molecular formula is C9H22N2O. The number of nitrogens with two attached hydrogens (primary N) is 1. The second-order valence-corrected chi connectivity index (χ2v) is 3.25. The highest BCUT2D eigenvalue weighted by Crippen LogP contribution is 1.95. The average Bonchev–Trinajstić information content (AvgIpc) is 2.10. The number of hydrogen-bond donors (Lipinski definition) is 1. The van der Waals surface area contributed by atoms with Gasteiger partial charge in [-0.2, -0.15) is 0 Å². The predicted octanol–water partition coefficient (Wildman–Crippen LogP) is 0.692. The van der Waals surface area contributed by atoms with E-state index in [1.807, 2.05) is 0 Å². The number of methoxy groups -OCH3 is 1. The molecule has 0 spiro atoms. The molecule has 0 saturated heterocycles. The van der Waals surface area contributed by atoms with Crippen LogP contribution in [-0.4, -0.2) is 44.8 Å². The number of likely N-dealkylation sites (N-methyl/N-ethyl adjacent to an activating group) is 1. The summed E-state index contributed by atoms with van der Waals surface area (Å²) in [6, 6.07) is 0.356. The van der Waals surface area contributed by atoms with E-state index in [0.29, 0.717) is 6.04 Å². The summed E-state index contributed by atoms with van der Waals surface area (Å²) < 4.78 is 4.97. The summed E-state index contributed by atoms with van der Waals surface area (Å²) in [7, 11) is 3.83. The molecule has 3 heteroatoms. The van der Waals surface area contributed by atoms with E-state index in [1.54, 1.807) is 7.11 Å². The molecule has 2 N–H and O–H groups in total. The van der Waals surface area contributed by atoms with Gasteiger partial charge >= 0.3 is 0 Å². The van der Waals surface area contributed by atoms with Gasteiger partial charge in [0.15, 0.2) is 0 Å². The van der Waals surface area contributed by atoms with E-state index < -0.39 is 0 Å². The van der Waals surface area contributed by atoms with Crippen LogP contribution in [-0.2, 0) is 4.74 Å². The molecule has 12 heavy (non-hydrogen) atoms. The van der Waals surface area contributed by atoms with Crippen molar-refractivity contribution >= 4 is 0 Å². The number of nitrogens with zero attached hydrogens (tertiary/aromatic N) is 1. The molecule has 0 heterocycles. The second kappa shape index (κ2) is 7.53. The van der Waals surface area contributed by atoms with Crippen molar-refractivity contribution in [2.75, 3.05) is 33.9 Å². The van der Waals surface area contributed by atoms with Crippen molar-refractivity contribution in [1.82, 2.24) is 4.90 Å². The van der Waals surface area contributed by atoms with Crippen LogP contribution in [0.1, 0.15) is 19.8 Å². The summed E-state index contributed by atoms with van der Waals surface area (Å²) in [5.74, 6) is 0. The first-order chi connectivity index (χ1) is 5.70. The maximum atomic E-state index is 5.79. The van der Waals surface area contributed by atoms with E-state index in [9.17, 15) is 0 Å². The van der Waals surface area contributed by atoms with E-state index in [-0.39, 0.29) is 0 Å². The van der Waals surface area contributed by atoms with Crippen molar-refractivity contribution in [3.63, 3.8) is 0 Å². The Kier molecular flexibility index (Phi) is 7.45. The lowest BCUT2D eigenvalue weighted by atomic mass is 10.2. The Labute approximate surface area is 75.9 Å². The molecule has 0 saturated carbocycles. The zero-order valence-electron chi connectivity index (χ0n) is 8.55. The van der Waals surface area contributed by atoms with E-state index in [4.69, 9.17) is 10.5 Å². The molecule has 0 aliphatic heterocycles. The van der Waals surface area contributed by atoms with Gasteiger partial charge < -0.3 is 15.4 Å². The van der Waals surface area contributed by atoms with Gasteiger partial charge in [0.1, 0.15) is 0 Å². The lowest BCUT2D eigenvalue weighted by Gasteiger charge is -2.17. The molecule has 0 aromatic heterocycles. The quantitative estimate of drug-likeness (QED) is 0.617. The van der Waals surface area contributed by atoms with Crippen molar-refractivity contribution < 1.29 is 4.74 Å². The normalized spacial score (nSPS) is 13.8. The Balaban J connectivity index is 3.24. The highest BCUT2D eigenvalue weighted by Gasteiger charge is 2.01. The lowest BCUT2D eigenvalue weighted by Crippen LogP contribution is -2.29. The van der Waals surface area contributed by atoms with Gasteiger partial charge in [0, 0.05) is 19.7 Å². The SMILES string of the molecule is CCC(N)CCN(C)CCOC. The van der Waals surface area contributed by atoms with E-state index >= 15 is 0 Å². The van der Waals surface area contributed by atoms with Gasteiger partial charge in [-0.15, -0.1) is 0 Å². The summed E-state index contributed by atoms with van der Waals surface area (Å²) in [5, 5.41) is 0. The van der Waals surface area contributed by atoms with Crippen LogP contribution in [0.25, 0.3) is 0 Å². The van der Waals surface area contributed by atoms with Crippen LogP contribution in [0.5, 0.6) is 0 Å². The molecule has 0 aromatic carbocycles. The first-order valence-corrected chi connectivity index (χ1v) is 4.63. The molecule has 0 aliphatic carbocycles. The fourth-order valence-corrected chi connectivity index (χ4v) is 0.949. The van der Waals surface area contributed by atoms with Crippen LogP contribution in [0.4, 0.5) is 0 Å². The van der Waals surface area contributed by atoms with Gasteiger partial charge in [0.05, 0.1) is 6.61 Å². The van der Waals surface area contributed by atoms with Crippen molar-refractivity contribution in [2.45, 2.75) is 25.8 Å². The van der Waals surface area contributed by atoms with Gasteiger partial charge in [-0.1, -0.05) is 6.92 Å². The number of hydrogen-bond acceptors (Lipinski definition) is 3. The Bertz CT molecular complexity index is 98.5. The Morgan fingerprint density at radius 1 is 1.42 bits per heavy atom. The first kappa shape index (κ1) is 11.9. The van der Waals surface area contributed by atoms with Gasteiger partial charge in [-0.25, -0.2) is 0 Å². The molecule has 0 radical (unpaired) electrons. The van der Waals surface area contributed by atoms with Gasteiger partial charge in [-0.3, -0.25) is 0 Å². The molecule has 74 valence electrons. The molecule has 0 rings (SSSR count).